The molecule has 0 spiro atoms. The smallest absolute Gasteiger partial charge is 0.311 e. The number of hydrogen-bond acceptors (Lipinski definition) is 3. The summed E-state index contributed by atoms with van der Waals surface area (Å²) in [6, 6.07) is 7.52. The second-order valence-corrected chi connectivity index (χ2v) is 6.96. The van der Waals surface area contributed by atoms with Crippen molar-refractivity contribution in [1.82, 2.24) is 4.90 Å². The number of carbonyl (C=O) groups is 2. The first-order valence-corrected chi connectivity index (χ1v) is 8.03. The molecule has 5 nitrogen and oxygen atoms in total. The van der Waals surface area contributed by atoms with Gasteiger partial charge in [0.15, 0.2) is 0 Å². The maximum absolute atomic E-state index is 12.3. The highest BCUT2D eigenvalue weighted by Gasteiger charge is 2.41. The van der Waals surface area contributed by atoms with Gasteiger partial charge in [0.1, 0.15) is 5.75 Å². The third-order valence-corrected chi connectivity index (χ3v) is 4.20. The van der Waals surface area contributed by atoms with Crippen LogP contribution in [0.4, 0.5) is 0 Å². The van der Waals surface area contributed by atoms with Crippen molar-refractivity contribution in [3.63, 3.8) is 0 Å². The van der Waals surface area contributed by atoms with Gasteiger partial charge < -0.3 is 14.7 Å². The summed E-state index contributed by atoms with van der Waals surface area (Å²) in [5.74, 6) is 0.412. The average molecular weight is 319 g/mol. The summed E-state index contributed by atoms with van der Waals surface area (Å²) in [5, 5.41) is 9.23. The normalized spacial score (nSPS) is 20.8. The molecule has 1 N–H and O–H groups in total. The fourth-order valence-corrected chi connectivity index (χ4v) is 2.60. The van der Waals surface area contributed by atoms with E-state index in [1.165, 1.54) is 0 Å². The van der Waals surface area contributed by atoms with Gasteiger partial charge in [0.05, 0.1) is 18.4 Å². The molecule has 126 valence electrons. The number of likely N-dealkylation sites (tertiary alicyclic amines) is 1. The molecule has 1 aliphatic heterocycles. The minimum absolute atomic E-state index is 0.0224. The van der Waals surface area contributed by atoms with Crippen molar-refractivity contribution in [1.29, 1.82) is 0 Å². The van der Waals surface area contributed by atoms with E-state index >= 15 is 0 Å². The largest absolute Gasteiger partial charge is 0.493 e. The first kappa shape index (κ1) is 17.3. The second kappa shape index (κ2) is 7.02. The van der Waals surface area contributed by atoms with Gasteiger partial charge in [0.25, 0.3) is 0 Å². The predicted octanol–water partition coefficient (Wildman–Crippen LogP) is 2.59. The van der Waals surface area contributed by atoms with Gasteiger partial charge in [0, 0.05) is 13.1 Å². The number of benzene rings is 1. The van der Waals surface area contributed by atoms with Crippen molar-refractivity contribution in [3.8, 4) is 5.75 Å². The summed E-state index contributed by atoms with van der Waals surface area (Å²) in [6.45, 7) is 7.35. The topological polar surface area (TPSA) is 66.8 Å². The number of amides is 1. The van der Waals surface area contributed by atoms with Crippen LogP contribution in [0, 0.1) is 11.3 Å². The van der Waals surface area contributed by atoms with Crippen LogP contribution in [-0.4, -0.2) is 41.6 Å². The lowest BCUT2D eigenvalue weighted by Gasteiger charge is -2.20. The molecule has 5 heteroatoms. The van der Waals surface area contributed by atoms with Gasteiger partial charge in [-0.15, -0.1) is 0 Å². The molecular formula is C18H25NO4. The number of carbonyl (C=O) groups excluding carboxylic acids is 1. The van der Waals surface area contributed by atoms with E-state index in [2.05, 4.69) is 13.8 Å². The molecule has 2 rings (SSSR count). The van der Waals surface area contributed by atoms with Crippen LogP contribution < -0.4 is 4.74 Å². The second-order valence-electron chi connectivity index (χ2n) is 6.96. The fourth-order valence-electron chi connectivity index (χ4n) is 2.60. The maximum atomic E-state index is 12.3. The molecule has 1 amide bonds. The van der Waals surface area contributed by atoms with E-state index < -0.39 is 11.4 Å². The molecular weight excluding hydrogens is 294 g/mol. The van der Waals surface area contributed by atoms with Gasteiger partial charge in [-0.1, -0.05) is 26.0 Å². The van der Waals surface area contributed by atoms with Gasteiger partial charge >= 0.3 is 5.97 Å². The van der Waals surface area contributed by atoms with E-state index in [9.17, 15) is 14.7 Å². The third-order valence-electron chi connectivity index (χ3n) is 4.20. The highest BCUT2D eigenvalue weighted by Crippen LogP contribution is 2.30. The monoisotopic (exact) mass is 319 g/mol. The molecule has 0 saturated carbocycles. The lowest BCUT2D eigenvalue weighted by Crippen LogP contribution is -2.35. The van der Waals surface area contributed by atoms with Gasteiger partial charge in [-0.2, -0.15) is 0 Å². The van der Waals surface area contributed by atoms with Crippen LogP contribution in [-0.2, 0) is 16.0 Å². The summed E-state index contributed by atoms with van der Waals surface area (Å²) in [6.07, 6.45) is 0.802. The van der Waals surface area contributed by atoms with E-state index in [4.69, 9.17) is 4.74 Å². The van der Waals surface area contributed by atoms with E-state index in [0.717, 1.165) is 11.3 Å². The van der Waals surface area contributed by atoms with Crippen molar-refractivity contribution in [2.24, 2.45) is 11.3 Å². The first-order chi connectivity index (χ1) is 10.8. The van der Waals surface area contributed by atoms with Gasteiger partial charge in [-0.3, -0.25) is 9.59 Å². The molecule has 1 aromatic carbocycles. The summed E-state index contributed by atoms with van der Waals surface area (Å²) in [5.41, 5.74) is 0.0975. The lowest BCUT2D eigenvalue weighted by molar-refractivity contribution is -0.147. The van der Waals surface area contributed by atoms with Gasteiger partial charge in [0.2, 0.25) is 5.91 Å². The van der Waals surface area contributed by atoms with Crippen LogP contribution in [0.5, 0.6) is 5.75 Å². The standard InChI is InChI=1S/C18H25NO4/c1-13(2)11-23-15-6-4-14(5-7-15)10-16(20)19-9-8-18(3,12-19)17(21)22/h4-7,13H,8-12H2,1-3H3,(H,21,22)/t18-/m1/s1. The molecule has 0 aliphatic carbocycles. The van der Waals surface area contributed by atoms with Gasteiger partial charge in [-0.05, 0) is 37.0 Å². The number of hydrogen-bond donors (Lipinski definition) is 1. The number of aliphatic carboxylic acids is 1. The van der Waals surface area contributed by atoms with Crippen molar-refractivity contribution < 1.29 is 19.4 Å². The van der Waals surface area contributed by atoms with Crippen LogP contribution in [0.1, 0.15) is 32.8 Å². The fraction of sp³-hybridized carbons (Fsp3) is 0.556. The molecule has 0 unspecified atom stereocenters. The molecule has 1 atom stereocenters. The molecule has 0 radical (unpaired) electrons. The Morgan fingerprint density at radius 1 is 1.30 bits per heavy atom. The van der Waals surface area contributed by atoms with E-state index in [0.29, 0.717) is 31.9 Å². The van der Waals surface area contributed by atoms with Crippen LogP contribution in [0.25, 0.3) is 0 Å². The van der Waals surface area contributed by atoms with Crippen molar-refractivity contribution in [2.75, 3.05) is 19.7 Å². The van der Waals surface area contributed by atoms with Crippen LogP contribution in [0.3, 0.4) is 0 Å². The SMILES string of the molecule is CC(C)COc1ccc(CC(=O)N2CC[C@@](C)(C(=O)O)C2)cc1. The first-order valence-electron chi connectivity index (χ1n) is 8.03. The molecule has 1 heterocycles. The molecule has 1 fully saturated rings. The Bertz CT molecular complexity index is 567. The summed E-state index contributed by atoms with van der Waals surface area (Å²) in [7, 11) is 0. The number of carboxylic acid groups (broad SMARTS) is 1. The van der Waals surface area contributed by atoms with Gasteiger partial charge in [-0.25, -0.2) is 0 Å². The Hall–Kier alpha value is -2.04. The number of rotatable bonds is 6. The minimum Gasteiger partial charge on any atom is -0.493 e. The highest BCUT2D eigenvalue weighted by atomic mass is 16.5. The van der Waals surface area contributed by atoms with Crippen LogP contribution in [0.15, 0.2) is 24.3 Å². The lowest BCUT2D eigenvalue weighted by atomic mass is 9.90. The zero-order valence-electron chi connectivity index (χ0n) is 14.0. The quantitative estimate of drug-likeness (QED) is 0.875. The van der Waals surface area contributed by atoms with E-state index in [1.807, 2.05) is 24.3 Å². The van der Waals surface area contributed by atoms with E-state index in [-0.39, 0.29) is 12.5 Å². The molecule has 0 aromatic heterocycles. The molecule has 0 bridgehead atoms. The molecule has 1 saturated heterocycles. The Labute approximate surface area is 137 Å². The van der Waals surface area contributed by atoms with Crippen molar-refractivity contribution in [2.45, 2.75) is 33.6 Å². The highest BCUT2D eigenvalue weighted by molar-refractivity contribution is 5.82. The third kappa shape index (κ3) is 4.47. The minimum atomic E-state index is -0.834. The van der Waals surface area contributed by atoms with E-state index in [1.54, 1.807) is 11.8 Å². The number of carboxylic acids is 1. The maximum Gasteiger partial charge on any atom is 0.311 e. The van der Waals surface area contributed by atoms with Crippen molar-refractivity contribution >= 4 is 11.9 Å². The average Bonchev–Trinajstić information content (AvgIpc) is 2.90. The number of ether oxygens (including phenoxy) is 1. The number of nitrogens with zero attached hydrogens (tertiary/aromatic N) is 1. The van der Waals surface area contributed by atoms with Crippen LogP contribution >= 0.6 is 0 Å². The molecule has 23 heavy (non-hydrogen) atoms. The summed E-state index contributed by atoms with van der Waals surface area (Å²) in [4.78, 5) is 25.2. The Morgan fingerprint density at radius 2 is 1.96 bits per heavy atom. The zero-order valence-corrected chi connectivity index (χ0v) is 14.0. The Kier molecular flexibility index (Phi) is 5.29. The summed E-state index contributed by atoms with van der Waals surface area (Å²) >= 11 is 0. The zero-order chi connectivity index (χ0) is 17.0. The Balaban J connectivity index is 1.90. The van der Waals surface area contributed by atoms with Crippen LogP contribution in [0.2, 0.25) is 0 Å². The predicted molar refractivity (Wildman–Crippen MR) is 87.4 cm³/mol. The molecule has 1 aromatic rings. The molecule has 1 aliphatic rings. The Morgan fingerprint density at radius 3 is 2.48 bits per heavy atom. The summed E-state index contributed by atoms with van der Waals surface area (Å²) < 4.78 is 5.62. The van der Waals surface area contributed by atoms with Crippen molar-refractivity contribution in [3.05, 3.63) is 29.8 Å².